The van der Waals surface area contributed by atoms with Crippen molar-refractivity contribution in [2.45, 2.75) is 25.7 Å². The third-order valence-corrected chi connectivity index (χ3v) is 3.72. The van der Waals surface area contributed by atoms with Gasteiger partial charge in [0.25, 0.3) is 0 Å². The summed E-state index contributed by atoms with van der Waals surface area (Å²) in [5, 5.41) is 0. The minimum absolute atomic E-state index is 0.337. The molecule has 0 aromatic heterocycles. The van der Waals surface area contributed by atoms with Gasteiger partial charge in [0, 0.05) is 11.8 Å². The maximum atomic E-state index is 11.9. The minimum Gasteiger partial charge on any atom is -0.299 e. The molecule has 2 aliphatic rings. The third kappa shape index (κ3) is 1.12. The average molecular weight is 186 g/mol. The molecule has 2 atom stereocenters. The van der Waals surface area contributed by atoms with Gasteiger partial charge in [-0.1, -0.05) is 24.3 Å². The van der Waals surface area contributed by atoms with Crippen molar-refractivity contribution in [3.05, 3.63) is 35.4 Å². The molecular weight excluding hydrogens is 172 g/mol. The van der Waals surface area contributed by atoms with Gasteiger partial charge in [-0.25, -0.2) is 0 Å². The van der Waals surface area contributed by atoms with Crippen LogP contribution in [-0.4, -0.2) is 5.78 Å². The second-order valence-electron chi connectivity index (χ2n) is 4.55. The van der Waals surface area contributed by atoms with Gasteiger partial charge < -0.3 is 0 Å². The highest BCUT2D eigenvalue weighted by atomic mass is 16.1. The standard InChI is InChI=1S/C13H14O/c14-13-11-5-6-12(13)8-10-4-2-1-3-9(10)7-11/h1-4,11-12H,5-8H2/t11-,12?/m1/s1. The highest BCUT2D eigenvalue weighted by molar-refractivity contribution is 5.86. The van der Waals surface area contributed by atoms with Gasteiger partial charge in [0.05, 0.1) is 0 Å². The molecule has 0 amide bonds. The van der Waals surface area contributed by atoms with E-state index in [0.717, 1.165) is 25.7 Å². The highest BCUT2D eigenvalue weighted by Gasteiger charge is 2.36. The summed E-state index contributed by atoms with van der Waals surface area (Å²) in [5.74, 6) is 1.20. The van der Waals surface area contributed by atoms with Crippen molar-refractivity contribution in [1.82, 2.24) is 0 Å². The van der Waals surface area contributed by atoms with Crippen LogP contribution in [0.25, 0.3) is 0 Å². The molecule has 1 unspecified atom stereocenters. The van der Waals surface area contributed by atoms with Gasteiger partial charge in [0.15, 0.2) is 0 Å². The van der Waals surface area contributed by atoms with E-state index in [2.05, 4.69) is 24.3 Å². The Kier molecular flexibility index (Phi) is 1.73. The van der Waals surface area contributed by atoms with Gasteiger partial charge in [-0.2, -0.15) is 0 Å². The van der Waals surface area contributed by atoms with E-state index in [4.69, 9.17) is 0 Å². The predicted molar refractivity (Wildman–Crippen MR) is 55.1 cm³/mol. The van der Waals surface area contributed by atoms with Crippen LogP contribution in [0.3, 0.4) is 0 Å². The molecule has 1 nitrogen and oxygen atoms in total. The predicted octanol–water partition coefficient (Wildman–Crippen LogP) is 2.38. The zero-order chi connectivity index (χ0) is 9.54. The first kappa shape index (κ1) is 8.22. The topological polar surface area (TPSA) is 17.1 Å². The zero-order valence-electron chi connectivity index (χ0n) is 8.20. The van der Waals surface area contributed by atoms with Crippen LogP contribution in [0.15, 0.2) is 24.3 Å². The van der Waals surface area contributed by atoms with Crippen LogP contribution in [0.2, 0.25) is 0 Å². The van der Waals surface area contributed by atoms with E-state index in [1.54, 1.807) is 0 Å². The Balaban J connectivity index is 2.06. The number of rotatable bonds is 0. The first-order valence-electron chi connectivity index (χ1n) is 5.45. The van der Waals surface area contributed by atoms with Crippen molar-refractivity contribution in [2.24, 2.45) is 11.8 Å². The lowest BCUT2D eigenvalue weighted by atomic mass is 9.94. The Morgan fingerprint density at radius 1 is 0.929 bits per heavy atom. The maximum Gasteiger partial charge on any atom is 0.139 e. The largest absolute Gasteiger partial charge is 0.299 e. The number of ketones is 1. The maximum absolute atomic E-state index is 11.9. The molecule has 2 aliphatic carbocycles. The number of fused-ring (bicyclic) bond motifs is 3. The van der Waals surface area contributed by atoms with Crippen molar-refractivity contribution < 1.29 is 4.79 Å². The van der Waals surface area contributed by atoms with E-state index in [-0.39, 0.29) is 0 Å². The van der Waals surface area contributed by atoms with Gasteiger partial charge in [-0.15, -0.1) is 0 Å². The summed E-state index contributed by atoms with van der Waals surface area (Å²) in [5.41, 5.74) is 2.82. The van der Waals surface area contributed by atoms with Crippen molar-refractivity contribution in [2.75, 3.05) is 0 Å². The lowest BCUT2D eigenvalue weighted by Gasteiger charge is -2.10. The first-order valence-corrected chi connectivity index (χ1v) is 5.45. The highest BCUT2D eigenvalue weighted by Crippen LogP contribution is 2.36. The molecule has 0 aliphatic heterocycles. The summed E-state index contributed by atoms with van der Waals surface area (Å²) in [4.78, 5) is 11.9. The van der Waals surface area contributed by atoms with Gasteiger partial charge in [0.2, 0.25) is 0 Å². The van der Waals surface area contributed by atoms with Crippen LogP contribution in [0, 0.1) is 11.8 Å². The van der Waals surface area contributed by atoms with Crippen molar-refractivity contribution in [3.8, 4) is 0 Å². The first-order chi connectivity index (χ1) is 6.84. The second-order valence-corrected chi connectivity index (χ2v) is 4.55. The molecule has 1 aromatic rings. The number of carbonyl (C=O) groups is 1. The Hall–Kier alpha value is -1.11. The SMILES string of the molecule is O=C1C2CC[C@@H]1Cc1ccccc1C2. The van der Waals surface area contributed by atoms with Crippen LogP contribution in [0.4, 0.5) is 0 Å². The fourth-order valence-corrected chi connectivity index (χ4v) is 2.91. The van der Waals surface area contributed by atoms with Crippen LogP contribution in [0.1, 0.15) is 24.0 Å². The van der Waals surface area contributed by atoms with Crippen molar-refractivity contribution in [3.63, 3.8) is 0 Å². The molecule has 3 rings (SSSR count). The Morgan fingerprint density at radius 3 is 1.93 bits per heavy atom. The molecule has 1 aromatic carbocycles. The smallest absolute Gasteiger partial charge is 0.139 e. The number of hydrogen-bond acceptors (Lipinski definition) is 1. The number of hydrogen-bond donors (Lipinski definition) is 0. The number of Topliss-reactive ketones (excluding diaryl/α,β-unsaturated/α-hetero) is 1. The van der Waals surface area contributed by atoms with Crippen LogP contribution in [-0.2, 0) is 17.6 Å². The van der Waals surface area contributed by atoms with E-state index in [1.165, 1.54) is 11.1 Å². The Labute approximate surface area is 84.1 Å². The number of carbonyl (C=O) groups excluding carboxylic acids is 1. The summed E-state index contributed by atoms with van der Waals surface area (Å²) >= 11 is 0. The van der Waals surface area contributed by atoms with Gasteiger partial charge in [0.1, 0.15) is 5.78 Å². The molecule has 0 radical (unpaired) electrons. The summed E-state index contributed by atoms with van der Waals surface area (Å²) < 4.78 is 0. The Morgan fingerprint density at radius 2 is 1.43 bits per heavy atom. The van der Waals surface area contributed by atoms with Gasteiger partial charge >= 0.3 is 0 Å². The van der Waals surface area contributed by atoms with Crippen molar-refractivity contribution >= 4 is 5.78 Å². The van der Waals surface area contributed by atoms with Gasteiger partial charge in [-0.3, -0.25) is 4.79 Å². The molecule has 1 heteroatoms. The fourth-order valence-electron chi connectivity index (χ4n) is 2.91. The van der Waals surface area contributed by atoms with Crippen LogP contribution < -0.4 is 0 Å². The summed E-state index contributed by atoms with van der Waals surface area (Å²) in [6.07, 6.45) is 4.23. The minimum atomic E-state index is 0.337. The summed E-state index contributed by atoms with van der Waals surface area (Å²) in [6, 6.07) is 8.54. The molecule has 1 saturated carbocycles. The van der Waals surface area contributed by atoms with Gasteiger partial charge in [-0.05, 0) is 36.8 Å². The zero-order valence-corrected chi connectivity index (χ0v) is 8.20. The normalized spacial score (nSPS) is 29.9. The molecule has 72 valence electrons. The third-order valence-electron chi connectivity index (χ3n) is 3.72. The Bertz CT molecular complexity index is 346. The fraction of sp³-hybridized carbons (Fsp3) is 0.462. The molecule has 2 bridgehead atoms. The molecule has 14 heavy (non-hydrogen) atoms. The van der Waals surface area contributed by atoms with Crippen molar-refractivity contribution in [1.29, 1.82) is 0 Å². The monoisotopic (exact) mass is 186 g/mol. The lowest BCUT2D eigenvalue weighted by molar-refractivity contribution is -0.123. The summed E-state index contributed by atoms with van der Waals surface area (Å²) in [6.45, 7) is 0. The van der Waals surface area contributed by atoms with E-state index in [0.29, 0.717) is 17.6 Å². The molecule has 0 N–H and O–H groups in total. The van der Waals surface area contributed by atoms with E-state index in [9.17, 15) is 4.79 Å². The van der Waals surface area contributed by atoms with E-state index in [1.807, 2.05) is 0 Å². The molecule has 0 saturated heterocycles. The molecule has 1 fully saturated rings. The van der Waals surface area contributed by atoms with E-state index >= 15 is 0 Å². The number of benzene rings is 1. The quantitative estimate of drug-likeness (QED) is 0.608. The summed E-state index contributed by atoms with van der Waals surface area (Å²) in [7, 11) is 0. The second kappa shape index (κ2) is 2.94. The van der Waals surface area contributed by atoms with Crippen LogP contribution >= 0.6 is 0 Å². The lowest BCUT2D eigenvalue weighted by Crippen LogP contribution is -2.13. The van der Waals surface area contributed by atoms with E-state index < -0.39 is 0 Å². The molecule has 0 heterocycles. The van der Waals surface area contributed by atoms with Crippen LogP contribution in [0.5, 0.6) is 0 Å². The average Bonchev–Trinajstić information content (AvgIpc) is 2.44. The molecule has 0 spiro atoms. The molecular formula is C13H14O.